The Kier molecular flexibility index (Phi) is 6.46. The summed E-state index contributed by atoms with van der Waals surface area (Å²) < 4.78 is 6.57. The molecule has 2 N–H and O–H groups in total. The second kappa shape index (κ2) is 9.80. The van der Waals surface area contributed by atoms with Gasteiger partial charge in [-0.15, -0.1) is 0 Å². The highest BCUT2D eigenvalue weighted by Crippen LogP contribution is 2.52. The van der Waals surface area contributed by atoms with E-state index in [1.807, 2.05) is 41.0 Å². The van der Waals surface area contributed by atoms with Crippen LogP contribution < -0.4 is 15.4 Å². The highest BCUT2D eigenvalue weighted by molar-refractivity contribution is 6.31. The van der Waals surface area contributed by atoms with E-state index in [1.54, 1.807) is 12.1 Å². The van der Waals surface area contributed by atoms with E-state index in [0.717, 1.165) is 55.5 Å². The molecular formula is C29H33ClN4O4. The van der Waals surface area contributed by atoms with Crippen molar-refractivity contribution in [3.05, 3.63) is 58.1 Å². The molecule has 4 aliphatic rings. The first kappa shape index (κ1) is 25.0. The largest absolute Gasteiger partial charge is 0.490 e. The van der Waals surface area contributed by atoms with Crippen molar-refractivity contribution < 1.29 is 19.1 Å². The van der Waals surface area contributed by atoms with Gasteiger partial charge in [-0.3, -0.25) is 9.59 Å². The zero-order valence-electron chi connectivity index (χ0n) is 21.6. The van der Waals surface area contributed by atoms with Crippen LogP contribution >= 0.6 is 11.6 Å². The van der Waals surface area contributed by atoms with Gasteiger partial charge >= 0.3 is 6.03 Å². The second-order valence-electron chi connectivity index (χ2n) is 10.9. The molecule has 0 unspecified atom stereocenters. The zero-order chi connectivity index (χ0) is 26.4. The predicted octanol–water partition coefficient (Wildman–Crippen LogP) is 4.55. The molecule has 2 aromatic carbocycles. The first-order chi connectivity index (χ1) is 18.3. The molecule has 2 aromatic rings. The molecule has 4 heterocycles. The number of benzene rings is 2. The number of urea groups is 1. The Balaban J connectivity index is 1.28. The maximum Gasteiger partial charge on any atom is 0.320 e. The number of aryl methyl sites for hydroxylation is 1. The molecule has 0 aromatic heterocycles. The fourth-order valence-corrected chi connectivity index (χ4v) is 6.68. The van der Waals surface area contributed by atoms with E-state index in [-0.39, 0.29) is 30.4 Å². The van der Waals surface area contributed by atoms with Gasteiger partial charge < -0.3 is 25.2 Å². The van der Waals surface area contributed by atoms with Crippen LogP contribution in [-0.2, 0) is 15.0 Å². The third-order valence-corrected chi connectivity index (χ3v) is 8.75. The Morgan fingerprint density at radius 1 is 1.03 bits per heavy atom. The van der Waals surface area contributed by atoms with Gasteiger partial charge in [0.2, 0.25) is 11.8 Å². The van der Waals surface area contributed by atoms with Crippen molar-refractivity contribution in [2.45, 2.75) is 63.0 Å². The minimum Gasteiger partial charge on any atom is -0.490 e. The van der Waals surface area contributed by atoms with Gasteiger partial charge in [-0.2, -0.15) is 0 Å². The van der Waals surface area contributed by atoms with Gasteiger partial charge in [0, 0.05) is 61.7 Å². The molecule has 9 heteroatoms. The van der Waals surface area contributed by atoms with Crippen LogP contribution in [-0.4, -0.2) is 59.9 Å². The zero-order valence-corrected chi connectivity index (χ0v) is 22.4. The SMILES string of the molecule is Cc1ccc(OC2CCN(C(=O)N3CCCC3)CC2)c([C@H]2NC(=O)CC[C@]23C(=O)Nc2cc(Cl)ccc23)c1. The highest BCUT2D eigenvalue weighted by Gasteiger charge is 2.56. The van der Waals surface area contributed by atoms with E-state index in [0.29, 0.717) is 36.0 Å². The van der Waals surface area contributed by atoms with Crippen LogP contribution in [0.4, 0.5) is 10.5 Å². The number of amides is 4. The van der Waals surface area contributed by atoms with E-state index < -0.39 is 11.5 Å². The minimum atomic E-state index is -0.953. The fraction of sp³-hybridized carbons (Fsp3) is 0.483. The maximum atomic E-state index is 13.6. The molecular weight excluding hydrogens is 504 g/mol. The van der Waals surface area contributed by atoms with Crippen LogP contribution in [0.1, 0.15) is 61.3 Å². The summed E-state index contributed by atoms with van der Waals surface area (Å²) in [6, 6.07) is 10.9. The number of hydrogen-bond donors (Lipinski definition) is 2. The molecule has 6 rings (SSSR count). The normalized spacial score (nSPS) is 25.4. The molecule has 3 saturated heterocycles. The summed E-state index contributed by atoms with van der Waals surface area (Å²) >= 11 is 6.23. The summed E-state index contributed by atoms with van der Waals surface area (Å²) in [6.45, 7) is 5.00. The Labute approximate surface area is 227 Å². The number of anilines is 1. The maximum absolute atomic E-state index is 13.6. The number of nitrogens with zero attached hydrogens (tertiary/aromatic N) is 2. The Morgan fingerprint density at radius 2 is 1.76 bits per heavy atom. The van der Waals surface area contributed by atoms with E-state index in [9.17, 15) is 14.4 Å². The molecule has 0 saturated carbocycles. The van der Waals surface area contributed by atoms with E-state index in [1.165, 1.54) is 0 Å². The van der Waals surface area contributed by atoms with Gasteiger partial charge in [0.15, 0.2) is 0 Å². The Bertz CT molecular complexity index is 1290. The third-order valence-electron chi connectivity index (χ3n) is 8.52. The van der Waals surface area contributed by atoms with E-state index in [2.05, 4.69) is 10.6 Å². The first-order valence-corrected chi connectivity index (χ1v) is 13.9. The van der Waals surface area contributed by atoms with Crippen LogP contribution in [0.5, 0.6) is 5.75 Å². The molecule has 1 spiro atoms. The van der Waals surface area contributed by atoms with Gasteiger partial charge in [-0.05, 0) is 49.9 Å². The van der Waals surface area contributed by atoms with Crippen molar-refractivity contribution in [2.24, 2.45) is 0 Å². The van der Waals surface area contributed by atoms with Crippen molar-refractivity contribution in [1.29, 1.82) is 0 Å². The lowest BCUT2D eigenvalue weighted by molar-refractivity contribution is -0.130. The summed E-state index contributed by atoms with van der Waals surface area (Å²) in [5.74, 6) is 0.444. The molecule has 4 amide bonds. The average Bonchev–Trinajstić information content (AvgIpc) is 3.53. The van der Waals surface area contributed by atoms with Crippen LogP contribution in [0.25, 0.3) is 0 Å². The van der Waals surface area contributed by atoms with Gasteiger partial charge in [0.25, 0.3) is 0 Å². The standard InChI is InChI=1S/C29H33ClN4O4/c1-18-4-7-24(38-20-9-14-34(15-10-20)28(37)33-12-2-3-13-33)21(16-18)26-29(11-8-25(35)32-26)22-6-5-19(30)17-23(22)31-27(29)36/h4-7,16-17,20,26H,2-3,8-15H2,1H3,(H,31,36)(H,32,35)/t26-,29-/m1/s1. The van der Waals surface area contributed by atoms with Gasteiger partial charge in [-0.25, -0.2) is 4.79 Å². The highest BCUT2D eigenvalue weighted by atomic mass is 35.5. The number of fused-ring (bicyclic) bond motifs is 2. The van der Waals surface area contributed by atoms with Crippen LogP contribution in [0, 0.1) is 6.92 Å². The van der Waals surface area contributed by atoms with Crippen molar-refractivity contribution in [3.8, 4) is 5.75 Å². The lowest BCUT2D eigenvalue weighted by atomic mass is 9.67. The molecule has 0 radical (unpaired) electrons. The molecule has 0 aliphatic carbocycles. The fourth-order valence-electron chi connectivity index (χ4n) is 6.51. The van der Waals surface area contributed by atoms with Crippen LogP contribution in [0.3, 0.4) is 0 Å². The number of nitrogens with one attached hydrogen (secondary N) is 2. The molecule has 0 bridgehead atoms. The quantitative estimate of drug-likeness (QED) is 0.602. The van der Waals surface area contributed by atoms with Crippen molar-refractivity contribution in [2.75, 3.05) is 31.5 Å². The topological polar surface area (TPSA) is 91.0 Å². The number of halogens is 1. The van der Waals surface area contributed by atoms with Gasteiger partial charge in [0.05, 0.1) is 6.04 Å². The number of ether oxygens (including phenoxy) is 1. The minimum absolute atomic E-state index is 0.0576. The number of rotatable bonds is 3. The average molecular weight is 537 g/mol. The summed E-state index contributed by atoms with van der Waals surface area (Å²) in [4.78, 5) is 43.0. The van der Waals surface area contributed by atoms with Crippen molar-refractivity contribution in [1.82, 2.24) is 15.1 Å². The third kappa shape index (κ3) is 4.28. The first-order valence-electron chi connectivity index (χ1n) is 13.6. The number of piperidine rings is 2. The molecule has 38 heavy (non-hydrogen) atoms. The lowest BCUT2D eigenvalue weighted by Crippen LogP contribution is -2.52. The molecule has 8 nitrogen and oxygen atoms in total. The second-order valence-corrected chi connectivity index (χ2v) is 11.4. The summed E-state index contributed by atoms with van der Waals surface area (Å²) in [6.07, 6.45) is 4.23. The Morgan fingerprint density at radius 3 is 2.53 bits per heavy atom. The molecule has 4 aliphatic heterocycles. The number of hydrogen-bond acceptors (Lipinski definition) is 4. The molecule has 2 atom stereocenters. The van der Waals surface area contributed by atoms with Crippen LogP contribution in [0.2, 0.25) is 5.02 Å². The monoisotopic (exact) mass is 536 g/mol. The summed E-state index contributed by atoms with van der Waals surface area (Å²) in [5.41, 5.74) is 2.40. The van der Waals surface area contributed by atoms with Gasteiger partial charge in [0.1, 0.15) is 17.3 Å². The number of carbonyl (C=O) groups excluding carboxylic acids is 3. The summed E-state index contributed by atoms with van der Waals surface area (Å²) in [7, 11) is 0. The van der Waals surface area contributed by atoms with Crippen molar-refractivity contribution >= 4 is 35.1 Å². The van der Waals surface area contributed by atoms with Crippen molar-refractivity contribution in [3.63, 3.8) is 0 Å². The summed E-state index contributed by atoms with van der Waals surface area (Å²) in [5, 5.41) is 6.70. The Hall–Kier alpha value is -3.26. The van der Waals surface area contributed by atoms with Crippen LogP contribution in [0.15, 0.2) is 36.4 Å². The predicted molar refractivity (Wildman–Crippen MR) is 144 cm³/mol. The number of carbonyl (C=O) groups is 3. The molecule has 200 valence electrons. The van der Waals surface area contributed by atoms with E-state index >= 15 is 0 Å². The van der Waals surface area contributed by atoms with Gasteiger partial charge in [-0.1, -0.05) is 35.4 Å². The molecule has 3 fully saturated rings. The smallest absolute Gasteiger partial charge is 0.320 e. The lowest BCUT2D eigenvalue weighted by Gasteiger charge is -2.41. The van der Waals surface area contributed by atoms with E-state index in [4.69, 9.17) is 16.3 Å². The number of likely N-dealkylation sites (tertiary alicyclic amines) is 2.